The topological polar surface area (TPSA) is 51.7 Å². The molecule has 1 aromatic heterocycles. The summed E-state index contributed by atoms with van der Waals surface area (Å²) in [6.07, 6.45) is 6.68. The van der Waals surface area contributed by atoms with E-state index in [9.17, 15) is 4.79 Å². The number of aromatic nitrogens is 1. The van der Waals surface area contributed by atoms with Gasteiger partial charge in [-0.15, -0.1) is 11.8 Å². The van der Waals surface area contributed by atoms with E-state index in [4.69, 9.17) is 9.47 Å². The summed E-state index contributed by atoms with van der Waals surface area (Å²) in [5.74, 6) is 1.35. The second-order valence-electron chi connectivity index (χ2n) is 9.07. The first-order valence-electron chi connectivity index (χ1n) is 10.6. The molecule has 30 heavy (non-hydrogen) atoms. The molecular weight excluding hydrogens is 396 g/mol. The number of hydrogen-bond acceptors (Lipinski definition) is 5. The summed E-state index contributed by atoms with van der Waals surface area (Å²) < 4.78 is 11.8. The van der Waals surface area contributed by atoms with Crippen molar-refractivity contribution >= 4 is 17.9 Å². The van der Waals surface area contributed by atoms with Gasteiger partial charge in [0.2, 0.25) is 0 Å². The van der Waals surface area contributed by atoms with Crippen molar-refractivity contribution in [3.05, 3.63) is 42.1 Å². The van der Waals surface area contributed by atoms with E-state index in [-0.39, 0.29) is 12.2 Å². The van der Waals surface area contributed by atoms with Crippen LogP contribution in [0.2, 0.25) is 0 Å². The summed E-state index contributed by atoms with van der Waals surface area (Å²) in [4.78, 5) is 20.0. The Kier molecular flexibility index (Phi) is 5.96. The number of carbonyl (C=O) groups is 1. The Labute approximate surface area is 183 Å². The molecule has 160 valence electrons. The summed E-state index contributed by atoms with van der Waals surface area (Å²) in [6.45, 7) is 7.16. The minimum Gasteiger partial charge on any atom is -0.488 e. The van der Waals surface area contributed by atoms with Gasteiger partial charge >= 0.3 is 6.09 Å². The zero-order chi connectivity index (χ0) is 21.3. The fourth-order valence-corrected chi connectivity index (χ4v) is 4.54. The highest BCUT2D eigenvalue weighted by Crippen LogP contribution is 2.36. The SMILES string of the molecule is CSc1ccc(-c2cc3c(cn2)OC(C2CCN(C(=O)OC(C)(C)C)CC2)C3)cc1. The lowest BCUT2D eigenvalue weighted by Gasteiger charge is -2.35. The van der Waals surface area contributed by atoms with Gasteiger partial charge in [0.05, 0.1) is 11.9 Å². The fraction of sp³-hybridized carbons (Fsp3) is 0.500. The highest BCUT2D eigenvalue weighted by Gasteiger charge is 2.35. The van der Waals surface area contributed by atoms with E-state index >= 15 is 0 Å². The number of fused-ring (bicyclic) bond motifs is 1. The third-order valence-electron chi connectivity index (χ3n) is 5.75. The summed E-state index contributed by atoms with van der Waals surface area (Å²) >= 11 is 1.74. The number of ether oxygens (including phenoxy) is 2. The molecule has 2 aliphatic heterocycles. The molecule has 0 radical (unpaired) electrons. The predicted molar refractivity (Wildman–Crippen MR) is 120 cm³/mol. The van der Waals surface area contributed by atoms with Crippen molar-refractivity contribution in [2.24, 2.45) is 5.92 Å². The van der Waals surface area contributed by atoms with Crippen molar-refractivity contribution in [2.75, 3.05) is 19.3 Å². The molecule has 6 heteroatoms. The van der Waals surface area contributed by atoms with E-state index in [1.807, 2.05) is 31.9 Å². The standard InChI is InChI=1S/C24H30N2O3S/c1-24(2,3)29-23(27)26-11-9-17(10-12-26)21-14-18-13-20(25-15-22(18)28-21)16-5-7-19(30-4)8-6-16/h5-8,13,15,17,21H,9-12,14H2,1-4H3. The van der Waals surface area contributed by atoms with Gasteiger partial charge in [0.1, 0.15) is 17.5 Å². The van der Waals surface area contributed by atoms with Gasteiger partial charge in [-0.3, -0.25) is 4.98 Å². The molecule has 0 bridgehead atoms. The molecule has 2 aromatic rings. The Morgan fingerprint density at radius 2 is 1.90 bits per heavy atom. The monoisotopic (exact) mass is 426 g/mol. The number of hydrogen-bond donors (Lipinski definition) is 0. The third kappa shape index (κ3) is 4.75. The van der Waals surface area contributed by atoms with Crippen LogP contribution in [-0.2, 0) is 11.2 Å². The van der Waals surface area contributed by atoms with E-state index in [0.29, 0.717) is 5.92 Å². The second-order valence-corrected chi connectivity index (χ2v) is 9.95. The van der Waals surface area contributed by atoms with Crippen molar-refractivity contribution in [3.63, 3.8) is 0 Å². The maximum absolute atomic E-state index is 12.3. The smallest absolute Gasteiger partial charge is 0.410 e. The molecule has 4 rings (SSSR count). The van der Waals surface area contributed by atoms with Gasteiger partial charge in [0, 0.05) is 35.5 Å². The number of rotatable bonds is 3. The van der Waals surface area contributed by atoms with Crippen LogP contribution in [0, 0.1) is 5.92 Å². The Morgan fingerprint density at radius 1 is 1.20 bits per heavy atom. The van der Waals surface area contributed by atoms with Crippen LogP contribution in [0.25, 0.3) is 11.3 Å². The van der Waals surface area contributed by atoms with Crippen molar-refractivity contribution in [1.29, 1.82) is 0 Å². The van der Waals surface area contributed by atoms with Crippen LogP contribution >= 0.6 is 11.8 Å². The van der Waals surface area contributed by atoms with Crippen LogP contribution < -0.4 is 4.74 Å². The molecule has 2 aliphatic rings. The van der Waals surface area contributed by atoms with Crippen LogP contribution in [0.4, 0.5) is 4.79 Å². The van der Waals surface area contributed by atoms with Gasteiger partial charge < -0.3 is 14.4 Å². The van der Waals surface area contributed by atoms with Crippen molar-refractivity contribution in [1.82, 2.24) is 9.88 Å². The minimum atomic E-state index is -0.454. The van der Waals surface area contributed by atoms with Crippen LogP contribution in [-0.4, -0.2) is 47.0 Å². The van der Waals surface area contributed by atoms with Gasteiger partial charge in [0.15, 0.2) is 0 Å². The Bertz CT molecular complexity index is 900. The Balaban J connectivity index is 1.36. The number of likely N-dealkylation sites (tertiary alicyclic amines) is 1. The lowest BCUT2D eigenvalue weighted by Crippen LogP contribution is -2.44. The number of carbonyl (C=O) groups excluding carboxylic acids is 1. The highest BCUT2D eigenvalue weighted by atomic mass is 32.2. The largest absolute Gasteiger partial charge is 0.488 e. The molecule has 0 N–H and O–H groups in total. The zero-order valence-electron chi connectivity index (χ0n) is 18.2. The van der Waals surface area contributed by atoms with E-state index in [2.05, 4.69) is 41.6 Å². The number of thioether (sulfide) groups is 1. The predicted octanol–water partition coefficient (Wildman–Crippen LogP) is 5.42. The molecule has 0 saturated carbocycles. The molecule has 3 heterocycles. The van der Waals surface area contributed by atoms with E-state index in [0.717, 1.165) is 49.4 Å². The van der Waals surface area contributed by atoms with E-state index in [1.54, 1.807) is 11.8 Å². The minimum absolute atomic E-state index is 0.164. The van der Waals surface area contributed by atoms with Gasteiger partial charge in [0.25, 0.3) is 0 Å². The number of pyridine rings is 1. The average Bonchev–Trinajstić information content (AvgIpc) is 3.16. The van der Waals surface area contributed by atoms with Crippen LogP contribution in [0.15, 0.2) is 41.4 Å². The Hall–Kier alpha value is -2.21. The quantitative estimate of drug-likeness (QED) is 0.613. The van der Waals surface area contributed by atoms with Crippen LogP contribution in [0.1, 0.15) is 39.2 Å². The first-order valence-corrected chi connectivity index (χ1v) is 11.8. The summed E-state index contributed by atoms with van der Waals surface area (Å²) in [5.41, 5.74) is 2.90. The highest BCUT2D eigenvalue weighted by molar-refractivity contribution is 7.98. The zero-order valence-corrected chi connectivity index (χ0v) is 19.0. The summed E-state index contributed by atoms with van der Waals surface area (Å²) in [6, 6.07) is 10.7. The molecule has 0 aliphatic carbocycles. The maximum Gasteiger partial charge on any atom is 0.410 e. The van der Waals surface area contributed by atoms with E-state index < -0.39 is 5.60 Å². The molecule has 1 aromatic carbocycles. The van der Waals surface area contributed by atoms with Gasteiger partial charge in [-0.25, -0.2) is 4.79 Å². The molecular formula is C24H30N2O3S. The third-order valence-corrected chi connectivity index (χ3v) is 6.49. The van der Waals surface area contributed by atoms with Crippen molar-refractivity contribution < 1.29 is 14.3 Å². The molecule has 1 atom stereocenters. The van der Waals surface area contributed by atoms with Crippen LogP contribution in [0.3, 0.4) is 0 Å². The first-order chi connectivity index (χ1) is 14.3. The lowest BCUT2D eigenvalue weighted by molar-refractivity contribution is 0.0123. The van der Waals surface area contributed by atoms with Crippen molar-refractivity contribution in [2.45, 2.75) is 56.6 Å². The second kappa shape index (κ2) is 8.50. The summed E-state index contributed by atoms with van der Waals surface area (Å²) in [5, 5.41) is 0. The molecule has 1 unspecified atom stereocenters. The number of benzene rings is 1. The molecule has 1 fully saturated rings. The number of piperidine rings is 1. The molecule has 5 nitrogen and oxygen atoms in total. The Morgan fingerprint density at radius 3 is 2.53 bits per heavy atom. The fourth-order valence-electron chi connectivity index (χ4n) is 4.13. The normalized spacial score (nSPS) is 19.3. The van der Waals surface area contributed by atoms with Gasteiger partial charge in [-0.1, -0.05) is 12.1 Å². The first kappa shape index (κ1) is 21.0. The van der Waals surface area contributed by atoms with Crippen LogP contribution in [0.5, 0.6) is 5.75 Å². The lowest BCUT2D eigenvalue weighted by atomic mass is 9.89. The number of amides is 1. The van der Waals surface area contributed by atoms with Gasteiger partial charge in [-0.2, -0.15) is 0 Å². The van der Waals surface area contributed by atoms with E-state index in [1.165, 1.54) is 10.5 Å². The number of nitrogens with zero attached hydrogens (tertiary/aromatic N) is 2. The molecule has 1 saturated heterocycles. The molecule has 1 amide bonds. The maximum atomic E-state index is 12.3. The average molecular weight is 427 g/mol. The summed E-state index contributed by atoms with van der Waals surface area (Å²) in [7, 11) is 0. The van der Waals surface area contributed by atoms with Crippen molar-refractivity contribution in [3.8, 4) is 17.0 Å². The van der Waals surface area contributed by atoms with Gasteiger partial charge in [-0.05, 0) is 64.0 Å². The molecule has 0 spiro atoms.